The van der Waals surface area contributed by atoms with Crippen LogP contribution in [0.25, 0.3) is 0 Å². The van der Waals surface area contributed by atoms with Crippen molar-refractivity contribution in [2.45, 2.75) is 44.9 Å². The zero-order chi connectivity index (χ0) is 14.3. The molecule has 0 unspecified atom stereocenters. The molecule has 0 spiro atoms. The Morgan fingerprint density at radius 3 is 2.30 bits per heavy atom. The molecule has 0 fully saturated rings. The van der Waals surface area contributed by atoms with Crippen LogP contribution in [0.15, 0.2) is 4.47 Å². The second kappa shape index (κ2) is 4.96. The molecule has 2 heterocycles. The molecular weight excluding hydrogens is 318 g/mol. The first-order valence-corrected chi connectivity index (χ1v) is 7.90. The van der Waals surface area contributed by atoms with Gasteiger partial charge in [-0.05, 0) is 55.5 Å². The second-order valence-electron chi connectivity index (χ2n) is 5.95. The van der Waals surface area contributed by atoms with Gasteiger partial charge in [0.15, 0.2) is 0 Å². The fourth-order valence-corrected chi connectivity index (χ4v) is 3.84. The Kier molecular flexibility index (Phi) is 3.41. The average Bonchev–Trinajstić information content (AvgIpc) is 2.47. The molecule has 2 aliphatic heterocycles. The number of benzene rings is 1. The van der Waals surface area contributed by atoms with E-state index < -0.39 is 5.41 Å². The molecule has 20 heavy (non-hydrogen) atoms. The summed E-state index contributed by atoms with van der Waals surface area (Å²) in [5, 5.41) is 9.56. The number of nitriles is 1. The van der Waals surface area contributed by atoms with E-state index in [0.717, 1.165) is 71.6 Å². The van der Waals surface area contributed by atoms with E-state index in [-0.39, 0.29) is 0 Å². The topological polar surface area (TPSA) is 42.2 Å². The molecule has 1 aromatic rings. The molecule has 3 nitrogen and oxygen atoms in total. The van der Waals surface area contributed by atoms with Crippen LogP contribution in [0.5, 0.6) is 11.5 Å². The SMILES string of the molecule is CC(C)(C#N)c1c2c(c(Br)c3c1OCCC3)OCCC2. The third-order valence-electron chi connectivity index (χ3n) is 4.08. The van der Waals surface area contributed by atoms with E-state index in [1.807, 2.05) is 13.8 Å². The molecule has 0 saturated carbocycles. The van der Waals surface area contributed by atoms with E-state index in [9.17, 15) is 5.26 Å². The minimum absolute atomic E-state index is 0.563. The smallest absolute Gasteiger partial charge is 0.137 e. The van der Waals surface area contributed by atoms with Gasteiger partial charge >= 0.3 is 0 Å². The lowest BCUT2D eigenvalue weighted by Crippen LogP contribution is -2.25. The number of rotatable bonds is 1. The van der Waals surface area contributed by atoms with Gasteiger partial charge in [-0.25, -0.2) is 0 Å². The molecule has 0 radical (unpaired) electrons. The summed E-state index contributed by atoms with van der Waals surface area (Å²) in [4.78, 5) is 0. The first-order valence-electron chi connectivity index (χ1n) is 7.11. The molecule has 4 heteroatoms. The Morgan fingerprint density at radius 1 is 1.05 bits per heavy atom. The lowest BCUT2D eigenvalue weighted by atomic mass is 9.78. The average molecular weight is 336 g/mol. The Bertz CT molecular complexity index is 564. The highest BCUT2D eigenvalue weighted by Crippen LogP contribution is 2.49. The van der Waals surface area contributed by atoms with Crippen molar-refractivity contribution in [3.63, 3.8) is 0 Å². The number of fused-ring (bicyclic) bond motifs is 2. The Morgan fingerprint density at radius 2 is 1.65 bits per heavy atom. The number of halogens is 1. The van der Waals surface area contributed by atoms with Gasteiger partial charge in [-0.1, -0.05) is 0 Å². The summed E-state index contributed by atoms with van der Waals surface area (Å²) in [5.41, 5.74) is 2.78. The number of hydrogen-bond acceptors (Lipinski definition) is 3. The van der Waals surface area contributed by atoms with Gasteiger partial charge in [0.2, 0.25) is 0 Å². The highest BCUT2D eigenvalue weighted by molar-refractivity contribution is 9.10. The molecule has 0 bridgehead atoms. The van der Waals surface area contributed by atoms with Crippen LogP contribution in [0.3, 0.4) is 0 Å². The van der Waals surface area contributed by atoms with Crippen LogP contribution in [0.1, 0.15) is 43.4 Å². The number of ether oxygens (including phenoxy) is 2. The van der Waals surface area contributed by atoms with Crippen LogP contribution in [0.2, 0.25) is 0 Å². The highest BCUT2D eigenvalue weighted by Gasteiger charge is 2.35. The van der Waals surface area contributed by atoms with E-state index in [0.29, 0.717) is 0 Å². The minimum Gasteiger partial charge on any atom is -0.493 e. The van der Waals surface area contributed by atoms with Crippen molar-refractivity contribution in [2.24, 2.45) is 0 Å². The summed E-state index contributed by atoms with van der Waals surface area (Å²) in [7, 11) is 0. The number of nitrogens with zero attached hydrogens (tertiary/aromatic N) is 1. The third kappa shape index (κ3) is 2.00. The largest absolute Gasteiger partial charge is 0.493 e. The lowest BCUT2D eigenvalue weighted by Gasteiger charge is -2.33. The first kappa shape index (κ1) is 13.8. The fraction of sp³-hybridized carbons (Fsp3) is 0.562. The van der Waals surface area contributed by atoms with Crippen molar-refractivity contribution >= 4 is 15.9 Å². The molecular formula is C16H18BrNO2. The maximum absolute atomic E-state index is 9.56. The molecule has 1 aromatic carbocycles. The molecule has 0 aromatic heterocycles. The summed E-state index contributed by atoms with van der Waals surface area (Å²) in [6.45, 7) is 5.40. The normalized spacial score (nSPS) is 17.3. The third-order valence-corrected chi connectivity index (χ3v) is 4.92. The maximum Gasteiger partial charge on any atom is 0.137 e. The molecule has 0 saturated heterocycles. The van der Waals surface area contributed by atoms with Crippen molar-refractivity contribution in [3.8, 4) is 17.6 Å². The highest BCUT2D eigenvalue weighted by atomic mass is 79.9. The predicted molar refractivity (Wildman–Crippen MR) is 80.4 cm³/mol. The van der Waals surface area contributed by atoms with Crippen molar-refractivity contribution in [2.75, 3.05) is 13.2 Å². The number of hydrogen-bond donors (Lipinski definition) is 0. The van der Waals surface area contributed by atoms with Gasteiger partial charge in [0, 0.05) is 16.7 Å². The molecule has 0 amide bonds. The van der Waals surface area contributed by atoms with Crippen LogP contribution < -0.4 is 9.47 Å². The molecule has 106 valence electrons. The van der Waals surface area contributed by atoms with E-state index in [1.54, 1.807) is 0 Å². The van der Waals surface area contributed by atoms with Gasteiger partial charge in [0.25, 0.3) is 0 Å². The van der Waals surface area contributed by atoms with Crippen molar-refractivity contribution in [1.82, 2.24) is 0 Å². The Hall–Kier alpha value is -1.21. The standard InChI is InChI=1S/C16H18BrNO2/c1-16(2,9-18)12-10-5-3-8-20-15(10)13(17)11-6-4-7-19-14(11)12/h3-8H2,1-2H3. The van der Waals surface area contributed by atoms with Crippen LogP contribution in [0, 0.1) is 11.3 Å². The molecule has 0 aliphatic carbocycles. The summed E-state index contributed by atoms with van der Waals surface area (Å²) in [6.07, 6.45) is 3.93. The van der Waals surface area contributed by atoms with Crippen LogP contribution >= 0.6 is 15.9 Å². The Labute approximate surface area is 128 Å². The van der Waals surface area contributed by atoms with Crippen molar-refractivity contribution < 1.29 is 9.47 Å². The minimum atomic E-state index is -0.563. The van der Waals surface area contributed by atoms with Gasteiger partial charge in [-0.2, -0.15) is 5.26 Å². The molecule has 0 N–H and O–H groups in total. The fourth-order valence-electron chi connectivity index (χ4n) is 3.11. The van der Waals surface area contributed by atoms with Gasteiger partial charge < -0.3 is 9.47 Å². The summed E-state index contributed by atoms with van der Waals surface area (Å²) in [6, 6.07) is 2.43. The van der Waals surface area contributed by atoms with E-state index in [1.165, 1.54) is 0 Å². The molecule has 3 rings (SSSR count). The van der Waals surface area contributed by atoms with E-state index >= 15 is 0 Å². The summed E-state index contributed by atoms with van der Waals surface area (Å²) < 4.78 is 12.9. The summed E-state index contributed by atoms with van der Waals surface area (Å²) >= 11 is 3.69. The van der Waals surface area contributed by atoms with Crippen molar-refractivity contribution in [1.29, 1.82) is 5.26 Å². The van der Waals surface area contributed by atoms with Gasteiger partial charge in [0.1, 0.15) is 11.5 Å². The van der Waals surface area contributed by atoms with Crippen LogP contribution in [-0.2, 0) is 18.3 Å². The van der Waals surface area contributed by atoms with Crippen LogP contribution in [-0.4, -0.2) is 13.2 Å². The van der Waals surface area contributed by atoms with E-state index in [2.05, 4.69) is 22.0 Å². The first-order chi connectivity index (χ1) is 9.56. The molecule has 2 aliphatic rings. The van der Waals surface area contributed by atoms with Gasteiger partial charge in [-0.15, -0.1) is 0 Å². The zero-order valence-corrected chi connectivity index (χ0v) is 13.5. The second-order valence-corrected chi connectivity index (χ2v) is 6.74. The summed E-state index contributed by atoms with van der Waals surface area (Å²) in [5.74, 6) is 1.85. The lowest BCUT2D eigenvalue weighted by molar-refractivity contribution is 0.264. The quantitative estimate of drug-likeness (QED) is 0.781. The predicted octanol–water partition coefficient (Wildman–Crippen LogP) is 3.90. The monoisotopic (exact) mass is 335 g/mol. The maximum atomic E-state index is 9.56. The van der Waals surface area contributed by atoms with Gasteiger partial charge in [-0.3, -0.25) is 0 Å². The van der Waals surface area contributed by atoms with Crippen LogP contribution in [0.4, 0.5) is 0 Å². The van der Waals surface area contributed by atoms with Crippen molar-refractivity contribution in [3.05, 3.63) is 21.2 Å². The van der Waals surface area contributed by atoms with E-state index in [4.69, 9.17) is 9.47 Å². The molecule has 0 atom stereocenters. The zero-order valence-electron chi connectivity index (χ0n) is 11.9. The van der Waals surface area contributed by atoms with Gasteiger partial charge in [0.05, 0.1) is 29.2 Å². The Balaban J connectivity index is 2.34.